The van der Waals surface area contributed by atoms with E-state index in [1.165, 1.54) is 0 Å². The molecule has 2 atom stereocenters. The van der Waals surface area contributed by atoms with Gasteiger partial charge in [-0.3, -0.25) is 4.68 Å². The van der Waals surface area contributed by atoms with Crippen LogP contribution in [0.5, 0.6) is 0 Å². The molecular weight excluding hydrogens is 260 g/mol. The number of aliphatic hydroxyl groups excluding tert-OH is 1. The van der Waals surface area contributed by atoms with Gasteiger partial charge in [0.15, 0.2) is 0 Å². The third-order valence-electron chi connectivity index (χ3n) is 3.60. The molecule has 1 heterocycles. The minimum atomic E-state index is -0.645. The fourth-order valence-electron chi connectivity index (χ4n) is 2.55. The van der Waals surface area contributed by atoms with Gasteiger partial charge in [0.1, 0.15) is 12.1 Å². The molecule has 2 aromatic carbocycles. The van der Waals surface area contributed by atoms with Crippen LogP contribution in [0.15, 0.2) is 73.1 Å². The Kier molecular flexibility index (Phi) is 3.84. The van der Waals surface area contributed by atoms with E-state index >= 15 is 0 Å². The standard InChI is InChI=1S/C18H18N2O/c1-14-12-19-20(13-14)17(15-8-4-2-5-9-15)18(21)16-10-6-3-7-11-16/h2-13,17-18,21H,1H3. The molecule has 0 amide bonds. The van der Waals surface area contributed by atoms with Crippen LogP contribution in [-0.4, -0.2) is 14.9 Å². The molecule has 1 N–H and O–H groups in total. The highest BCUT2D eigenvalue weighted by molar-refractivity contribution is 5.27. The Morgan fingerprint density at radius 1 is 0.905 bits per heavy atom. The van der Waals surface area contributed by atoms with Crippen molar-refractivity contribution in [2.24, 2.45) is 0 Å². The van der Waals surface area contributed by atoms with E-state index in [1.807, 2.05) is 84.7 Å². The molecule has 3 aromatic rings. The summed E-state index contributed by atoms with van der Waals surface area (Å²) in [6.45, 7) is 2.00. The summed E-state index contributed by atoms with van der Waals surface area (Å²) in [7, 11) is 0. The van der Waals surface area contributed by atoms with Gasteiger partial charge in [0.05, 0.1) is 6.20 Å². The lowest BCUT2D eigenvalue weighted by molar-refractivity contribution is 0.125. The number of benzene rings is 2. The summed E-state index contributed by atoms with van der Waals surface area (Å²) in [5.74, 6) is 0. The minimum Gasteiger partial charge on any atom is -0.386 e. The van der Waals surface area contributed by atoms with E-state index in [0.29, 0.717) is 0 Å². The largest absolute Gasteiger partial charge is 0.386 e. The quantitative estimate of drug-likeness (QED) is 0.793. The molecule has 3 rings (SSSR count). The summed E-state index contributed by atoms with van der Waals surface area (Å²) >= 11 is 0. The Morgan fingerprint density at radius 3 is 2.00 bits per heavy atom. The lowest BCUT2D eigenvalue weighted by Gasteiger charge is -2.24. The van der Waals surface area contributed by atoms with Crippen LogP contribution >= 0.6 is 0 Å². The molecule has 0 aliphatic carbocycles. The number of aromatic nitrogens is 2. The van der Waals surface area contributed by atoms with E-state index in [4.69, 9.17) is 0 Å². The summed E-state index contributed by atoms with van der Waals surface area (Å²) in [5.41, 5.74) is 3.01. The molecule has 106 valence electrons. The van der Waals surface area contributed by atoms with Gasteiger partial charge in [-0.05, 0) is 23.6 Å². The molecule has 0 bridgehead atoms. The number of aryl methyl sites for hydroxylation is 1. The van der Waals surface area contributed by atoms with Crippen molar-refractivity contribution in [2.45, 2.75) is 19.1 Å². The fraction of sp³-hybridized carbons (Fsp3) is 0.167. The van der Waals surface area contributed by atoms with Crippen molar-refractivity contribution in [3.8, 4) is 0 Å². The van der Waals surface area contributed by atoms with E-state index in [1.54, 1.807) is 0 Å². The van der Waals surface area contributed by atoms with E-state index in [-0.39, 0.29) is 6.04 Å². The fourth-order valence-corrected chi connectivity index (χ4v) is 2.55. The molecule has 1 aromatic heterocycles. The Balaban J connectivity index is 2.04. The van der Waals surface area contributed by atoms with Gasteiger partial charge >= 0.3 is 0 Å². The van der Waals surface area contributed by atoms with Crippen LogP contribution in [0.4, 0.5) is 0 Å². The van der Waals surface area contributed by atoms with Gasteiger partial charge in [-0.25, -0.2) is 0 Å². The Morgan fingerprint density at radius 2 is 1.48 bits per heavy atom. The van der Waals surface area contributed by atoms with Gasteiger partial charge < -0.3 is 5.11 Å². The van der Waals surface area contributed by atoms with Crippen molar-refractivity contribution >= 4 is 0 Å². The Hall–Kier alpha value is -2.39. The van der Waals surface area contributed by atoms with Crippen molar-refractivity contribution in [3.05, 3.63) is 89.7 Å². The van der Waals surface area contributed by atoms with Gasteiger partial charge in [0.25, 0.3) is 0 Å². The second-order valence-corrected chi connectivity index (χ2v) is 5.21. The second-order valence-electron chi connectivity index (χ2n) is 5.21. The zero-order valence-corrected chi connectivity index (χ0v) is 11.9. The third kappa shape index (κ3) is 2.88. The van der Waals surface area contributed by atoms with Gasteiger partial charge in [-0.2, -0.15) is 5.10 Å². The number of hydrogen-bond donors (Lipinski definition) is 1. The molecule has 3 nitrogen and oxygen atoms in total. The van der Waals surface area contributed by atoms with Gasteiger partial charge in [0, 0.05) is 6.20 Å². The predicted molar refractivity (Wildman–Crippen MR) is 82.9 cm³/mol. The highest BCUT2D eigenvalue weighted by atomic mass is 16.3. The lowest BCUT2D eigenvalue weighted by Crippen LogP contribution is -2.19. The normalized spacial score (nSPS) is 13.8. The molecule has 0 aliphatic heterocycles. The van der Waals surface area contributed by atoms with E-state index in [0.717, 1.165) is 16.7 Å². The van der Waals surface area contributed by atoms with Crippen LogP contribution in [0, 0.1) is 6.92 Å². The lowest BCUT2D eigenvalue weighted by atomic mass is 9.96. The SMILES string of the molecule is Cc1cnn(C(c2ccccc2)C(O)c2ccccc2)c1. The summed E-state index contributed by atoms with van der Waals surface area (Å²) in [5, 5.41) is 15.2. The molecular formula is C18H18N2O. The van der Waals surface area contributed by atoms with Gasteiger partial charge in [-0.1, -0.05) is 60.7 Å². The first-order valence-electron chi connectivity index (χ1n) is 7.04. The second kappa shape index (κ2) is 5.94. The van der Waals surface area contributed by atoms with E-state index in [2.05, 4.69) is 5.10 Å². The molecule has 0 spiro atoms. The maximum Gasteiger partial charge on any atom is 0.107 e. The molecule has 0 saturated carbocycles. The van der Waals surface area contributed by atoms with Crippen molar-refractivity contribution in [1.82, 2.24) is 9.78 Å². The van der Waals surface area contributed by atoms with Gasteiger partial charge in [0.2, 0.25) is 0 Å². The molecule has 0 aliphatic rings. The van der Waals surface area contributed by atoms with Crippen LogP contribution in [0.2, 0.25) is 0 Å². The topological polar surface area (TPSA) is 38.0 Å². The molecule has 0 fully saturated rings. The van der Waals surface area contributed by atoms with Crippen molar-refractivity contribution in [3.63, 3.8) is 0 Å². The molecule has 3 heteroatoms. The van der Waals surface area contributed by atoms with Crippen LogP contribution < -0.4 is 0 Å². The number of hydrogen-bond acceptors (Lipinski definition) is 2. The van der Waals surface area contributed by atoms with Gasteiger partial charge in [-0.15, -0.1) is 0 Å². The maximum absolute atomic E-state index is 10.8. The Bertz CT molecular complexity index is 692. The molecule has 2 unspecified atom stereocenters. The van der Waals surface area contributed by atoms with Crippen molar-refractivity contribution < 1.29 is 5.11 Å². The highest BCUT2D eigenvalue weighted by Crippen LogP contribution is 2.31. The summed E-state index contributed by atoms with van der Waals surface area (Å²) in [6, 6.07) is 19.5. The molecule has 0 saturated heterocycles. The maximum atomic E-state index is 10.8. The highest BCUT2D eigenvalue weighted by Gasteiger charge is 2.24. The minimum absolute atomic E-state index is 0.234. The van der Waals surface area contributed by atoms with Crippen LogP contribution in [0.1, 0.15) is 28.8 Å². The predicted octanol–water partition coefficient (Wildman–Crippen LogP) is 3.51. The monoisotopic (exact) mass is 278 g/mol. The van der Waals surface area contributed by atoms with Crippen LogP contribution in [0.25, 0.3) is 0 Å². The first-order chi connectivity index (χ1) is 10.3. The summed E-state index contributed by atoms with van der Waals surface area (Å²) < 4.78 is 1.84. The number of rotatable bonds is 4. The van der Waals surface area contributed by atoms with Crippen molar-refractivity contribution in [2.75, 3.05) is 0 Å². The average molecular weight is 278 g/mol. The van der Waals surface area contributed by atoms with E-state index < -0.39 is 6.10 Å². The third-order valence-corrected chi connectivity index (χ3v) is 3.60. The van der Waals surface area contributed by atoms with Crippen LogP contribution in [-0.2, 0) is 0 Å². The summed E-state index contributed by atoms with van der Waals surface area (Å²) in [6.07, 6.45) is 3.13. The number of nitrogens with zero attached hydrogens (tertiary/aromatic N) is 2. The Labute approximate surface area is 124 Å². The zero-order chi connectivity index (χ0) is 14.7. The molecule has 0 radical (unpaired) electrons. The summed E-state index contributed by atoms with van der Waals surface area (Å²) in [4.78, 5) is 0. The molecule has 21 heavy (non-hydrogen) atoms. The van der Waals surface area contributed by atoms with Crippen LogP contribution in [0.3, 0.4) is 0 Å². The first-order valence-corrected chi connectivity index (χ1v) is 7.04. The number of aliphatic hydroxyl groups is 1. The first kappa shape index (κ1) is 13.6. The smallest absolute Gasteiger partial charge is 0.107 e. The zero-order valence-electron chi connectivity index (χ0n) is 11.9. The van der Waals surface area contributed by atoms with Crippen molar-refractivity contribution in [1.29, 1.82) is 0 Å². The van der Waals surface area contributed by atoms with E-state index in [9.17, 15) is 5.11 Å². The average Bonchev–Trinajstić information content (AvgIpc) is 2.95.